The van der Waals surface area contributed by atoms with Crippen molar-refractivity contribution < 1.29 is 18.4 Å². The lowest BCUT2D eigenvalue weighted by Gasteiger charge is -2.18. The number of oxime groups is 1. The van der Waals surface area contributed by atoms with Crippen molar-refractivity contribution in [2.45, 2.75) is 26.9 Å². The van der Waals surface area contributed by atoms with Gasteiger partial charge in [-0.1, -0.05) is 19.0 Å². The summed E-state index contributed by atoms with van der Waals surface area (Å²) >= 11 is 0. The first kappa shape index (κ1) is 11.3. The first-order valence-corrected chi connectivity index (χ1v) is 3.59. The SMILES string of the molecule is CC(C)/C(=N/O)C(C)C(F)(F)F. The van der Waals surface area contributed by atoms with Gasteiger partial charge >= 0.3 is 6.18 Å². The summed E-state index contributed by atoms with van der Waals surface area (Å²) in [5.74, 6) is -2.07. The monoisotopic (exact) mass is 183 g/mol. The van der Waals surface area contributed by atoms with E-state index in [1.54, 1.807) is 13.8 Å². The highest BCUT2D eigenvalue weighted by Gasteiger charge is 2.40. The van der Waals surface area contributed by atoms with Crippen LogP contribution in [0.5, 0.6) is 0 Å². The zero-order valence-electron chi connectivity index (χ0n) is 7.18. The third-order valence-corrected chi connectivity index (χ3v) is 1.64. The molecule has 0 aromatic rings. The lowest BCUT2D eigenvalue weighted by atomic mass is 9.95. The number of hydrogen-bond donors (Lipinski definition) is 1. The molecule has 0 aliphatic rings. The van der Waals surface area contributed by atoms with Crippen LogP contribution in [0.1, 0.15) is 20.8 Å². The van der Waals surface area contributed by atoms with Gasteiger partial charge in [0.2, 0.25) is 0 Å². The van der Waals surface area contributed by atoms with Crippen LogP contribution < -0.4 is 0 Å². The summed E-state index contributed by atoms with van der Waals surface area (Å²) in [5, 5.41) is 11.0. The second kappa shape index (κ2) is 3.78. The Kier molecular flexibility index (Phi) is 3.55. The average Bonchev–Trinajstić information content (AvgIpc) is 1.86. The average molecular weight is 183 g/mol. The number of rotatable bonds is 2. The van der Waals surface area contributed by atoms with Gasteiger partial charge in [-0.25, -0.2) is 0 Å². The number of nitrogens with zero attached hydrogens (tertiary/aromatic N) is 1. The highest BCUT2D eigenvalue weighted by molar-refractivity contribution is 5.88. The van der Waals surface area contributed by atoms with Crippen LogP contribution in [-0.4, -0.2) is 17.1 Å². The van der Waals surface area contributed by atoms with E-state index >= 15 is 0 Å². The van der Waals surface area contributed by atoms with Crippen molar-refractivity contribution in [2.24, 2.45) is 17.0 Å². The van der Waals surface area contributed by atoms with Crippen LogP contribution in [0.25, 0.3) is 0 Å². The van der Waals surface area contributed by atoms with E-state index in [2.05, 4.69) is 5.16 Å². The Morgan fingerprint density at radius 2 is 1.67 bits per heavy atom. The Morgan fingerprint density at radius 3 is 1.75 bits per heavy atom. The summed E-state index contributed by atoms with van der Waals surface area (Å²) in [7, 11) is 0. The van der Waals surface area contributed by atoms with E-state index in [1.807, 2.05) is 0 Å². The second-order valence-corrected chi connectivity index (χ2v) is 2.94. The molecule has 0 saturated heterocycles. The molecule has 0 rings (SSSR count). The Bertz CT molecular complexity index is 174. The molecule has 0 bridgehead atoms. The quantitative estimate of drug-likeness (QED) is 0.398. The van der Waals surface area contributed by atoms with E-state index in [4.69, 9.17) is 5.21 Å². The fourth-order valence-corrected chi connectivity index (χ4v) is 0.870. The summed E-state index contributed by atoms with van der Waals surface area (Å²) in [6.45, 7) is 4.09. The molecule has 72 valence electrons. The van der Waals surface area contributed by atoms with Gasteiger partial charge in [-0.05, 0) is 12.8 Å². The van der Waals surface area contributed by atoms with Crippen LogP contribution in [0.2, 0.25) is 0 Å². The lowest BCUT2D eigenvalue weighted by molar-refractivity contribution is -0.152. The standard InChI is InChI=1S/C7H12F3NO/c1-4(2)6(11-12)5(3)7(8,9)10/h4-5,12H,1-3H3/b11-6-. The minimum absolute atomic E-state index is 0.234. The Balaban J connectivity index is 4.56. The molecule has 0 amide bonds. The third-order valence-electron chi connectivity index (χ3n) is 1.64. The third kappa shape index (κ3) is 2.71. The van der Waals surface area contributed by atoms with Gasteiger partial charge in [-0.3, -0.25) is 0 Å². The lowest BCUT2D eigenvalue weighted by Crippen LogP contribution is -2.31. The summed E-state index contributed by atoms with van der Waals surface area (Å²) < 4.78 is 36.2. The predicted octanol–water partition coefficient (Wildman–Crippen LogP) is 2.67. The van der Waals surface area contributed by atoms with Crippen LogP contribution in [0.15, 0.2) is 5.16 Å². The molecule has 0 heterocycles. The van der Waals surface area contributed by atoms with E-state index in [0.29, 0.717) is 0 Å². The van der Waals surface area contributed by atoms with Gasteiger partial charge in [-0.2, -0.15) is 13.2 Å². The van der Waals surface area contributed by atoms with Gasteiger partial charge < -0.3 is 5.21 Å². The van der Waals surface area contributed by atoms with E-state index in [9.17, 15) is 13.2 Å². The molecule has 0 aliphatic carbocycles. The minimum Gasteiger partial charge on any atom is -0.411 e. The van der Waals surface area contributed by atoms with Gasteiger partial charge in [0.25, 0.3) is 0 Å². The van der Waals surface area contributed by atoms with Crippen LogP contribution in [-0.2, 0) is 0 Å². The molecule has 0 aromatic carbocycles. The largest absolute Gasteiger partial charge is 0.411 e. The van der Waals surface area contributed by atoms with E-state index in [0.717, 1.165) is 6.92 Å². The van der Waals surface area contributed by atoms with Crippen LogP contribution in [0.4, 0.5) is 13.2 Å². The molecule has 0 aliphatic heterocycles. The van der Waals surface area contributed by atoms with Gasteiger partial charge in [0, 0.05) is 0 Å². The number of halogens is 3. The van der Waals surface area contributed by atoms with E-state index < -0.39 is 18.0 Å². The fourth-order valence-electron chi connectivity index (χ4n) is 0.870. The summed E-state index contributed by atoms with van der Waals surface area (Å²) in [4.78, 5) is 0. The summed E-state index contributed by atoms with van der Waals surface area (Å²) in [6.07, 6.45) is -4.33. The molecule has 0 radical (unpaired) electrons. The van der Waals surface area contributed by atoms with Crippen molar-refractivity contribution in [2.75, 3.05) is 0 Å². The predicted molar refractivity (Wildman–Crippen MR) is 39.3 cm³/mol. The van der Waals surface area contributed by atoms with Gasteiger partial charge in [0.05, 0.1) is 11.6 Å². The fraction of sp³-hybridized carbons (Fsp3) is 0.857. The van der Waals surface area contributed by atoms with Crippen molar-refractivity contribution in [1.82, 2.24) is 0 Å². The maximum atomic E-state index is 12.1. The smallest absolute Gasteiger partial charge is 0.396 e. The molecule has 1 atom stereocenters. The van der Waals surface area contributed by atoms with Crippen LogP contribution in [0.3, 0.4) is 0 Å². The zero-order valence-corrected chi connectivity index (χ0v) is 7.18. The van der Waals surface area contributed by atoms with E-state index in [1.165, 1.54) is 0 Å². The molecule has 0 aromatic heterocycles. The Hall–Kier alpha value is -0.740. The maximum absolute atomic E-state index is 12.1. The molecule has 2 nitrogen and oxygen atoms in total. The molecular weight excluding hydrogens is 171 g/mol. The molecule has 1 N–H and O–H groups in total. The molecule has 0 fully saturated rings. The molecular formula is C7H12F3NO. The van der Waals surface area contributed by atoms with Crippen molar-refractivity contribution in [3.8, 4) is 0 Å². The van der Waals surface area contributed by atoms with Crippen molar-refractivity contribution in [3.63, 3.8) is 0 Å². The minimum atomic E-state index is -4.33. The van der Waals surface area contributed by atoms with Crippen LogP contribution >= 0.6 is 0 Å². The van der Waals surface area contributed by atoms with Gasteiger partial charge in [0.15, 0.2) is 0 Å². The van der Waals surface area contributed by atoms with Crippen molar-refractivity contribution in [1.29, 1.82) is 0 Å². The highest BCUT2D eigenvalue weighted by Crippen LogP contribution is 2.28. The topological polar surface area (TPSA) is 32.6 Å². The van der Waals surface area contributed by atoms with Gasteiger partial charge in [-0.15, -0.1) is 0 Å². The highest BCUT2D eigenvalue weighted by atomic mass is 19.4. The van der Waals surface area contributed by atoms with Crippen molar-refractivity contribution in [3.05, 3.63) is 0 Å². The first-order chi connectivity index (χ1) is 5.30. The summed E-state index contributed by atoms with van der Waals surface area (Å²) in [6, 6.07) is 0. The number of alkyl halides is 3. The van der Waals surface area contributed by atoms with Gasteiger partial charge in [0.1, 0.15) is 0 Å². The molecule has 1 unspecified atom stereocenters. The molecule has 5 heteroatoms. The maximum Gasteiger partial charge on any atom is 0.396 e. The van der Waals surface area contributed by atoms with Crippen molar-refractivity contribution >= 4 is 5.71 Å². The second-order valence-electron chi connectivity index (χ2n) is 2.94. The molecule has 12 heavy (non-hydrogen) atoms. The molecule has 0 saturated carbocycles. The molecule has 0 spiro atoms. The van der Waals surface area contributed by atoms with E-state index in [-0.39, 0.29) is 5.71 Å². The van der Waals surface area contributed by atoms with Crippen LogP contribution in [0, 0.1) is 11.8 Å². The Morgan fingerprint density at radius 1 is 1.25 bits per heavy atom. The summed E-state index contributed by atoms with van der Waals surface area (Å²) in [5.41, 5.74) is -0.234. The zero-order chi connectivity index (χ0) is 9.94. The number of hydrogen-bond acceptors (Lipinski definition) is 2. The normalized spacial score (nSPS) is 16.8. The first-order valence-electron chi connectivity index (χ1n) is 3.59. The Labute approximate surface area is 69.1 Å².